The normalized spacial score (nSPS) is 14.4. The number of rotatable bonds is 6. The minimum absolute atomic E-state index is 0.276. The third-order valence-corrected chi connectivity index (χ3v) is 3.07. The molecular weight excluding hydrogens is 282 g/mol. The second-order valence-corrected chi connectivity index (χ2v) is 5.24. The van der Waals surface area contributed by atoms with E-state index in [1.165, 1.54) is 0 Å². The number of ether oxygens (including phenoxy) is 1. The maximum absolute atomic E-state index is 9.29. The van der Waals surface area contributed by atoms with Gasteiger partial charge in [0.2, 0.25) is 0 Å². The summed E-state index contributed by atoms with van der Waals surface area (Å²) in [4.78, 5) is 0. The van der Waals surface area contributed by atoms with Gasteiger partial charge in [0, 0.05) is 22.6 Å². The molecule has 1 rings (SSSR count). The summed E-state index contributed by atoms with van der Waals surface area (Å²) in [6, 6.07) is 6.22. The van der Waals surface area contributed by atoms with Gasteiger partial charge in [-0.25, -0.2) is 0 Å². The van der Waals surface area contributed by atoms with Crippen molar-refractivity contribution in [2.75, 3.05) is 7.11 Å². The van der Waals surface area contributed by atoms with Crippen LogP contribution in [0, 0.1) is 0 Å². The van der Waals surface area contributed by atoms with Gasteiger partial charge in [0.25, 0.3) is 0 Å². The van der Waals surface area contributed by atoms with E-state index in [-0.39, 0.29) is 12.1 Å². The predicted octanol–water partition coefficient (Wildman–Crippen LogP) is 2.71. The molecule has 4 heteroatoms. The van der Waals surface area contributed by atoms with E-state index in [1.807, 2.05) is 18.2 Å². The van der Waals surface area contributed by atoms with Gasteiger partial charge < -0.3 is 15.2 Å². The smallest absolute Gasteiger partial charge is 0.123 e. The first kappa shape index (κ1) is 14.5. The van der Waals surface area contributed by atoms with Crippen molar-refractivity contribution in [3.63, 3.8) is 0 Å². The Labute approximate surface area is 111 Å². The van der Waals surface area contributed by atoms with Crippen molar-refractivity contribution in [2.24, 2.45) is 0 Å². The molecule has 1 aromatic rings. The monoisotopic (exact) mass is 301 g/mol. The highest BCUT2D eigenvalue weighted by Crippen LogP contribution is 2.22. The average molecular weight is 302 g/mol. The van der Waals surface area contributed by atoms with Crippen LogP contribution >= 0.6 is 15.9 Å². The lowest BCUT2D eigenvalue weighted by atomic mass is 10.1. The standard InChI is InChI=1S/C13H20BrNO2/c1-9(6-10(2)16)15-8-11-7-12(14)4-5-13(11)17-3/h4-5,7,9-10,15-16H,6,8H2,1-3H3. The highest BCUT2D eigenvalue weighted by molar-refractivity contribution is 9.10. The Kier molecular flexibility index (Phi) is 5.95. The van der Waals surface area contributed by atoms with Crippen LogP contribution in [0.25, 0.3) is 0 Å². The number of aliphatic hydroxyl groups is 1. The average Bonchev–Trinajstić information content (AvgIpc) is 2.25. The van der Waals surface area contributed by atoms with E-state index in [4.69, 9.17) is 4.74 Å². The van der Waals surface area contributed by atoms with Crippen LogP contribution in [0.3, 0.4) is 0 Å². The molecule has 0 bridgehead atoms. The predicted molar refractivity (Wildman–Crippen MR) is 73.3 cm³/mol. The summed E-state index contributed by atoms with van der Waals surface area (Å²) < 4.78 is 6.34. The van der Waals surface area contributed by atoms with Gasteiger partial charge in [0.1, 0.15) is 5.75 Å². The van der Waals surface area contributed by atoms with Crippen molar-refractivity contribution in [3.05, 3.63) is 28.2 Å². The highest BCUT2D eigenvalue weighted by atomic mass is 79.9. The lowest BCUT2D eigenvalue weighted by Gasteiger charge is -2.16. The minimum Gasteiger partial charge on any atom is -0.496 e. The maximum atomic E-state index is 9.29. The van der Waals surface area contributed by atoms with Crippen LogP contribution in [-0.2, 0) is 6.54 Å². The number of benzene rings is 1. The first-order valence-corrected chi connectivity index (χ1v) is 6.56. The summed E-state index contributed by atoms with van der Waals surface area (Å²) in [6.07, 6.45) is 0.470. The molecule has 0 saturated heterocycles. The molecule has 0 aliphatic carbocycles. The largest absolute Gasteiger partial charge is 0.496 e. The highest BCUT2D eigenvalue weighted by Gasteiger charge is 2.08. The zero-order chi connectivity index (χ0) is 12.8. The summed E-state index contributed by atoms with van der Waals surface area (Å²) >= 11 is 3.45. The summed E-state index contributed by atoms with van der Waals surface area (Å²) in [5.74, 6) is 0.880. The molecule has 0 spiro atoms. The van der Waals surface area contributed by atoms with Gasteiger partial charge in [-0.1, -0.05) is 15.9 Å². The van der Waals surface area contributed by atoms with Gasteiger partial charge in [-0.05, 0) is 38.5 Å². The molecule has 3 nitrogen and oxygen atoms in total. The van der Waals surface area contributed by atoms with Gasteiger partial charge >= 0.3 is 0 Å². The van der Waals surface area contributed by atoms with Crippen LogP contribution in [0.1, 0.15) is 25.8 Å². The zero-order valence-corrected chi connectivity index (χ0v) is 12.1. The topological polar surface area (TPSA) is 41.5 Å². The third-order valence-electron chi connectivity index (χ3n) is 2.58. The molecule has 0 aromatic heterocycles. The Morgan fingerprint density at radius 1 is 1.41 bits per heavy atom. The second-order valence-electron chi connectivity index (χ2n) is 4.32. The first-order chi connectivity index (χ1) is 8.02. The molecular formula is C13H20BrNO2. The fraction of sp³-hybridized carbons (Fsp3) is 0.538. The Hall–Kier alpha value is -0.580. The fourth-order valence-electron chi connectivity index (χ4n) is 1.76. The van der Waals surface area contributed by atoms with Crippen LogP contribution < -0.4 is 10.1 Å². The Balaban J connectivity index is 2.58. The summed E-state index contributed by atoms with van der Waals surface area (Å²) in [7, 11) is 1.67. The van der Waals surface area contributed by atoms with Crippen LogP contribution in [-0.4, -0.2) is 24.4 Å². The Bertz CT molecular complexity index is 355. The van der Waals surface area contributed by atoms with Crippen LogP contribution in [0.4, 0.5) is 0 Å². The summed E-state index contributed by atoms with van der Waals surface area (Å²) in [6.45, 7) is 4.60. The third kappa shape index (κ3) is 5.06. The molecule has 0 aliphatic rings. The zero-order valence-electron chi connectivity index (χ0n) is 10.5. The van der Waals surface area contributed by atoms with Crippen molar-refractivity contribution < 1.29 is 9.84 Å². The number of nitrogens with one attached hydrogen (secondary N) is 1. The van der Waals surface area contributed by atoms with E-state index < -0.39 is 0 Å². The molecule has 17 heavy (non-hydrogen) atoms. The second kappa shape index (κ2) is 6.99. The molecule has 0 radical (unpaired) electrons. The van der Waals surface area contributed by atoms with E-state index in [2.05, 4.69) is 28.2 Å². The molecule has 0 amide bonds. The van der Waals surface area contributed by atoms with E-state index in [0.717, 1.165) is 28.8 Å². The van der Waals surface area contributed by atoms with Crippen molar-refractivity contribution in [3.8, 4) is 5.75 Å². The molecule has 0 fully saturated rings. The molecule has 2 N–H and O–H groups in total. The number of hydrogen-bond acceptors (Lipinski definition) is 3. The van der Waals surface area contributed by atoms with Gasteiger partial charge in [0.15, 0.2) is 0 Å². The molecule has 2 unspecified atom stereocenters. The van der Waals surface area contributed by atoms with E-state index in [1.54, 1.807) is 14.0 Å². The lowest BCUT2D eigenvalue weighted by Crippen LogP contribution is -2.28. The van der Waals surface area contributed by atoms with Crippen LogP contribution in [0.5, 0.6) is 5.75 Å². The maximum Gasteiger partial charge on any atom is 0.123 e. The Morgan fingerprint density at radius 2 is 2.12 bits per heavy atom. The molecule has 0 saturated carbocycles. The molecule has 1 aromatic carbocycles. The van der Waals surface area contributed by atoms with Crippen molar-refractivity contribution in [2.45, 2.75) is 39.0 Å². The van der Waals surface area contributed by atoms with Gasteiger partial charge in [0.05, 0.1) is 13.2 Å². The van der Waals surface area contributed by atoms with Crippen molar-refractivity contribution >= 4 is 15.9 Å². The number of aliphatic hydroxyl groups excluding tert-OH is 1. The molecule has 2 atom stereocenters. The van der Waals surface area contributed by atoms with Crippen molar-refractivity contribution in [1.29, 1.82) is 0 Å². The lowest BCUT2D eigenvalue weighted by molar-refractivity contribution is 0.170. The van der Waals surface area contributed by atoms with Gasteiger partial charge in [-0.15, -0.1) is 0 Å². The molecule has 96 valence electrons. The van der Waals surface area contributed by atoms with E-state index >= 15 is 0 Å². The molecule has 0 heterocycles. The van der Waals surface area contributed by atoms with Crippen LogP contribution in [0.15, 0.2) is 22.7 Å². The van der Waals surface area contributed by atoms with Crippen molar-refractivity contribution in [1.82, 2.24) is 5.32 Å². The number of halogens is 1. The Morgan fingerprint density at radius 3 is 2.71 bits per heavy atom. The minimum atomic E-state index is -0.276. The number of hydrogen-bond donors (Lipinski definition) is 2. The number of methoxy groups -OCH3 is 1. The fourth-order valence-corrected chi connectivity index (χ4v) is 2.17. The summed E-state index contributed by atoms with van der Waals surface area (Å²) in [5, 5.41) is 12.7. The van der Waals surface area contributed by atoms with E-state index in [0.29, 0.717) is 0 Å². The quantitative estimate of drug-likeness (QED) is 0.849. The van der Waals surface area contributed by atoms with Gasteiger partial charge in [-0.2, -0.15) is 0 Å². The van der Waals surface area contributed by atoms with Gasteiger partial charge in [-0.3, -0.25) is 0 Å². The summed E-state index contributed by atoms with van der Waals surface area (Å²) in [5.41, 5.74) is 1.11. The molecule has 0 aliphatic heterocycles. The van der Waals surface area contributed by atoms with E-state index in [9.17, 15) is 5.11 Å². The SMILES string of the molecule is COc1ccc(Br)cc1CNC(C)CC(C)O. The first-order valence-electron chi connectivity index (χ1n) is 5.76. The van der Waals surface area contributed by atoms with Crippen LogP contribution in [0.2, 0.25) is 0 Å².